The van der Waals surface area contributed by atoms with Crippen molar-refractivity contribution in [2.24, 2.45) is 0 Å². The molecule has 0 saturated carbocycles. The van der Waals surface area contributed by atoms with Gasteiger partial charge in [0.05, 0.1) is 24.2 Å². The minimum atomic E-state index is -0.309. The molecule has 3 aromatic rings. The first-order chi connectivity index (χ1) is 14.7. The van der Waals surface area contributed by atoms with E-state index in [9.17, 15) is 14.0 Å². The van der Waals surface area contributed by atoms with Crippen molar-refractivity contribution in [3.8, 4) is 5.69 Å². The molecule has 1 heterocycles. The molecule has 0 aliphatic carbocycles. The van der Waals surface area contributed by atoms with Crippen molar-refractivity contribution in [3.05, 3.63) is 76.9 Å². The van der Waals surface area contributed by atoms with E-state index in [1.807, 2.05) is 39.8 Å². The third-order valence-electron chi connectivity index (χ3n) is 4.90. The number of rotatable bonds is 7. The van der Waals surface area contributed by atoms with E-state index < -0.39 is 0 Å². The number of nitrogens with one attached hydrogen (secondary N) is 2. The van der Waals surface area contributed by atoms with Gasteiger partial charge in [-0.2, -0.15) is 5.10 Å². The lowest BCUT2D eigenvalue weighted by Crippen LogP contribution is -2.31. The summed E-state index contributed by atoms with van der Waals surface area (Å²) in [5.74, 6) is -0.498. The van der Waals surface area contributed by atoms with Gasteiger partial charge in [-0.1, -0.05) is 12.1 Å². The number of amides is 2. The maximum atomic E-state index is 13.2. The van der Waals surface area contributed by atoms with Crippen molar-refractivity contribution in [2.75, 3.05) is 5.32 Å². The molecule has 0 aliphatic heterocycles. The van der Waals surface area contributed by atoms with Crippen molar-refractivity contribution >= 4 is 17.5 Å². The summed E-state index contributed by atoms with van der Waals surface area (Å²) in [6.45, 7) is 7.59. The Balaban J connectivity index is 1.64. The number of nitrogens with zero attached hydrogens (tertiary/aromatic N) is 2. The molecule has 31 heavy (non-hydrogen) atoms. The van der Waals surface area contributed by atoms with Gasteiger partial charge in [0.25, 0.3) is 0 Å². The van der Waals surface area contributed by atoms with Gasteiger partial charge in [0.1, 0.15) is 5.82 Å². The molecule has 3 rings (SSSR count). The molecule has 2 amide bonds. The first-order valence-corrected chi connectivity index (χ1v) is 10.2. The Hall–Kier alpha value is -3.48. The van der Waals surface area contributed by atoms with Crippen LogP contribution in [-0.2, 0) is 22.4 Å². The van der Waals surface area contributed by atoms with E-state index in [1.165, 1.54) is 12.1 Å². The lowest BCUT2D eigenvalue weighted by Gasteiger charge is -2.09. The van der Waals surface area contributed by atoms with E-state index in [0.29, 0.717) is 12.1 Å². The lowest BCUT2D eigenvalue weighted by molar-refractivity contribution is -0.121. The van der Waals surface area contributed by atoms with Crippen LogP contribution in [0.2, 0.25) is 0 Å². The quantitative estimate of drug-likeness (QED) is 0.607. The summed E-state index contributed by atoms with van der Waals surface area (Å²) >= 11 is 0. The maximum Gasteiger partial charge on any atom is 0.228 e. The minimum absolute atomic E-state index is 0.0316. The minimum Gasteiger partial charge on any atom is -0.354 e. The molecule has 0 atom stereocenters. The summed E-state index contributed by atoms with van der Waals surface area (Å²) in [4.78, 5) is 24.5. The highest BCUT2D eigenvalue weighted by molar-refractivity contribution is 5.92. The molecule has 6 nitrogen and oxygen atoms in total. The Kier molecular flexibility index (Phi) is 6.84. The fourth-order valence-corrected chi connectivity index (χ4v) is 3.39. The van der Waals surface area contributed by atoms with Crippen LogP contribution in [0.25, 0.3) is 5.69 Å². The third-order valence-corrected chi connectivity index (χ3v) is 4.90. The summed E-state index contributed by atoms with van der Waals surface area (Å²) < 4.78 is 14.9. The fourth-order valence-electron chi connectivity index (χ4n) is 3.39. The average Bonchev–Trinajstić information content (AvgIpc) is 2.97. The van der Waals surface area contributed by atoms with Crippen LogP contribution in [-0.4, -0.2) is 27.6 Å². The van der Waals surface area contributed by atoms with E-state index in [2.05, 4.69) is 15.7 Å². The van der Waals surface area contributed by atoms with E-state index in [1.54, 1.807) is 28.9 Å². The van der Waals surface area contributed by atoms with Crippen molar-refractivity contribution in [1.82, 2.24) is 15.1 Å². The number of benzene rings is 2. The van der Waals surface area contributed by atoms with Crippen LogP contribution in [0.3, 0.4) is 0 Å². The highest BCUT2D eigenvalue weighted by atomic mass is 19.1. The van der Waals surface area contributed by atoms with Gasteiger partial charge in [-0.05, 0) is 69.7 Å². The molecule has 1 aromatic heterocycles. The molecule has 0 radical (unpaired) electrons. The van der Waals surface area contributed by atoms with Gasteiger partial charge in [0.2, 0.25) is 11.8 Å². The summed E-state index contributed by atoms with van der Waals surface area (Å²) in [5, 5.41) is 10.3. The van der Waals surface area contributed by atoms with Gasteiger partial charge in [-0.15, -0.1) is 0 Å². The third kappa shape index (κ3) is 5.78. The molecule has 0 aliphatic rings. The summed E-state index contributed by atoms with van der Waals surface area (Å²) in [6.07, 6.45) is 0.477. The predicted octanol–water partition coefficient (Wildman–Crippen LogP) is 3.88. The Morgan fingerprint density at radius 1 is 0.968 bits per heavy atom. The number of aryl methyl sites for hydroxylation is 1. The molecule has 0 fully saturated rings. The van der Waals surface area contributed by atoms with E-state index >= 15 is 0 Å². The highest BCUT2D eigenvalue weighted by Gasteiger charge is 2.16. The zero-order valence-corrected chi connectivity index (χ0v) is 18.2. The fraction of sp³-hybridized carbons (Fsp3) is 0.292. The van der Waals surface area contributed by atoms with Crippen LogP contribution < -0.4 is 10.6 Å². The zero-order chi connectivity index (χ0) is 22.5. The zero-order valence-electron chi connectivity index (χ0n) is 18.2. The topological polar surface area (TPSA) is 76.0 Å². The lowest BCUT2D eigenvalue weighted by atomic mass is 10.1. The summed E-state index contributed by atoms with van der Waals surface area (Å²) in [6, 6.07) is 13.4. The standard InChI is InChI=1S/C24H27FN4O2/c1-15(2)26-23(30)13-18-5-9-20(10-6-18)27-24(31)14-22-16(3)28-29(17(22)4)21-11-7-19(25)8-12-21/h5-12,15H,13-14H2,1-4H3,(H,26,30)(H,27,31). The van der Waals surface area contributed by atoms with Crippen molar-refractivity contribution in [1.29, 1.82) is 0 Å². The number of anilines is 1. The van der Waals surface area contributed by atoms with Crippen molar-refractivity contribution < 1.29 is 14.0 Å². The Bertz CT molecular complexity index is 1070. The highest BCUT2D eigenvalue weighted by Crippen LogP contribution is 2.20. The van der Waals surface area contributed by atoms with Gasteiger partial charge < -0.3 is 10.6 Å². The number of halogens is 1. The second kappa shape index (κ2) is 9.55. The molecule has 0 spiro atoms. The number of carbonyl (C=O) groups is 2. The van der Waals surface area contributed by atoms with Gasteiger partial charge >= 0.3 is 0 Å². The number of carbonyl (C=O) groups excluding carboxylic acids is 2. The maximum absolute atomic E-state index is 13.2. The molecule has 0 bridgehead atoms. The monoisotopic (exact) mass is 422 g/mol. The largest absolute Gasteiger partial charge is 0.354 e. The van der Waals surface area contributed by atoms with Crippen LogP contribution in [0, 0.1) is 19.7 Å². The van der Waals surface area contributed by atoms with Crippen molar-refractivity contribution in [2.45, 2.75) is 46.6 Å². The van der Waals surface area contributed by atoms with Crippen LogP contribution >= 0.6 is 0 Å². The van der Waals surface area contributed by atoms with Gasteiger partial charge in [-0.25, -0.2) is 9.07 Å². The second-order valence-corrected chi connectivity index (χ2v) is 7.86. The molecular weight excluding hydrogens is 395 g/mol. The van der Waals surface area contributed by atoms with Crippen LogP contribution in [0.4, 0.5) is 10.1 Å². The molecule has 7 heteroatoms. The Labute approximate surface area is 181 Å². The molecule has 2 aromatic carbocycles. The van der Waals surface area contributed by atoms with Crippen LogP contribution in [0.15, 0.2) is 48.5 Å². The van der Waals surface area contributed by atoms with Gasteiger partial charge in [0.15, 0.2) is 0 Å². The molecule has 162 valence electrons. The molecular formula is C24H27FN4O2. The first-order valence-electron chi connectivity index (χ1n) is 10.2. The number of aromatic nitrogens is 2. The number of hydrogen-bond acceptors (Lipinski definition) is 3. The van der Waals surface area contributed by atoms with Gasteiger partial charge in [0, 0.05) is 23.0 Å². The predicted molar refractivity (Wildman–Crippen MR) is 119 cm³/mol. The Morgan fingerprint density at radius 3 is 2.23 bits per heavy atom. The number of hydrogen-bond donors (Lipinski definition) is 2. The van der Waals surface area contributed by atoms with Crippen LogP contribution in [0.1, 0.15) is 36.4 Å². The van der Waals surface area contributed by atoms with E-state index in [4.69, 9.17) is 0 Å². The van der Waals surface area contributed by atoms with Crippen LogP contribution in [0.5, 0.6) is 0 Å². The van der Waals surface area contributed by atoms with Gasteiger partial charge in [-0.3, -0.25) is 9.59 Å². The molecule has 0 unspecified atom stereocenters. The smallest absolute Gasteiger partial charge is 0.228 e. The Morgan fingerprint density at radius 2 is 1.61 bits per heavy atom. The van der Waals surface area contributed by atoms with Crippen molar-refractivity contribution in [3.63, 3.8) is 0 Å². The SMILES string of the molecule is Cc1nn(-c2ccc(F)cc2)c(C)c1CC(=O)Nc1ccc(CC(=O)NC(C)C)cc1. The average molecular weight is 423 g/mol. The van der Waals surface area contributed by atoms with E-state index in [0.717, 1.165) is 28.2 Å². The molecule has 2 N–H and O–H groups in total. The summed E-state index contributed by atoms with van der Waals surface area (Å²) in [7, 11) is 0. The normalized spacial score (nSPS) is 10.9. The first kappa shape index (κ1) is 22.2. The second-order valence-electron chi connectivity index (χ2n) is 7.86. The summed E-state index contributed by atoms with van der Waals surface area (Å²) in [5.41, 5.74) is 4.71. The van der Waals surface area contributed by atoms with E-state index in [-0.39, 0.29) is 30.1 Å². The molecule has 0 saturated heterocycles.